The Morgan fingerprint density at radius 1 is 1.35 bits per heavy atom. The second-order valence-electron chi connectivity index (χ2n) is 3.70. The molecule has 0 saturated carbocycles. The predicted octanol–water partition coefficient (Wildman–Crippen LogP) is 3.26. The number of rotatable bonds is 3. The molecule has 86 valence electrons. The number of aryl methyl sites for hydroxylation is 1. The zero-order valence-corrected chi connectivity index (χ0v) is 10.2. The quantitative estimate of drug-likeness (QED) is 0.769. The first kappa shape index (κ1) is 10.3. The zero-order chi connectivity index (χ0) is 11.7. The first-order valence-electron chi connectivity index (χ1n) is 5.50. The second kappa shape index (κ2) is 4.18. The van der Waals surface area contributed by atoms with Gasteiger partial charge in [-0.15, -0.1) is 0 Å². The first-order valence-corrected chi connectivity index (χ1v) is 6.32. The third kappa shape index (κ3) is 2.01. The monoisotopic (exact) mass is 244 g/mol. The minimum Gasteiger partial charge on any atom is -0.329 e. The number of nitrogens with zero attached hydrogens (tertiary/aromatic N) is 3. The van der Waals surface area contributed by atoms with Gasteiger partial charge in [-0.2, -0.15) is 5.10 Å². The van der Waals surface area contributed by atoms with Crippen molar-refractivity contribution >= 4 is 32.4 Å². The fraction of sp³-hybridized carbons (Fsp3) is 0.167. The molecule has 1 N–H and O–H groups in total. The molecule has 0 aliphatic carbocycles. The number of para-hydroxylation sites is 1. The van der Waals surface area contributed by atoms with E-state index >= 15 is 0 Å². The van der Waals surface area contributed by atoms with Crippen molar-refractivity contribution in [3.63, 3.8) is 0 Å². The van der Waals surface area contributed by atoms with Crippen LogP contribution in [-0.2, 0) is 6.54 Å². The highest BCUT2D eigenvalue weighted by Crippen LogP contribution is 2.27. The summed E-state index contributed by atoms with van der Waals surface area (Å²) in [6, 6.07) is 8.13. The molecule has 3 rings (SSSR count). The lowest BCUT2D eigenvalue weighted by Gasteiger charge is -1.95. The van der Waals surface area contributed by atoms with E-state index in [9.17, 15) is 0 Å². The normalized spacial score (nSPS) is 10.9. The van der Waals surface area contributed by atoms with Crippen LogP contribution >= 0.6 is 11.3 Å². The number of hydrogen-bond acceptors (Lipinski definition) is 4. The van der Waals surface area contributed by atoms with Gasteiger partial charge >= 0.3 is 0 Å². The Kier molecular flexibility index (Phi) is 2.53. The Balaban J connectivity index is 1.89. The molecule has 2 heterocycles. The highest BCUT2D eigenvalue weighted by molar-refractivity contribution is 7.22. The molecule has 0 spiro atoms. The van der Waals surface area contributed by atoms with E-state index in [1.165, 1.54) is 4.70 Å². The standard InChI is InChI=1S/C12H12N4S/c1-2-16-8-9(7-13-16)14-12-15-10-5-3-4-6-11(10)17-12/h3-8H,2H2,1H3,(H,14,15). The van der Waals surface area contributed by atoms with Gasteiger partial charge in [-0.25, -0.2) is 4.98 Å². The summed E-state index contributed by atoms with van der Waals surface area (Å²) in [6.45, 7) is 2.94. The Bertz CT molecular complexity index is 608. The molecule has 0 fully saturated rings. The summed E-state index contributed by atoms with van der Waals surface area (Å²) in [5.74, 6) is 0. The second-order valence-corrected chi connectivity index (χ2v) is 4.73. The lowest BCUT2D eigenvalue weighted by atomic mass is 10.3. The van der Waals surface area contributed by atoms with Crippen molar-refractivity contribution in [2.75, 3.05) is 5.32 Å². The number of thiazole rings is 1. The summed E-state index contributed by atoms with van der Waals surface area (Å²) < 4.78 is 3.08. The first-order chi connectivity index (χ1) is 8.35. The molecule has 0 amide bonds. The van der Waals surface area contributed by atoms with Crippen LogP contribution in [0.4, 0.5) is 10.8 Å². The molecule has 0 saturated heterocycles. The smallest absolute Gasteiger partial charge is 0.188 e. The van der Waals surface area contributed by atoms with Crippen molar-refractivity contribution in [3.8, 4) is 0 Å². The SMILES string of the molecule is CCn1cc(Nc2nc3ccccc3s2)cn1. The van der Waals surface area contributed by atoms with Gasteiger partial charge in [0.25, 0.3) is 0 Å². The average molecular weight is 244 g/mol. The average Bonchev–Trinajstić information content (AvgIpc) is 2.94. The van der Waals surface area contributed by atoms with Crippen LogP contribution in [0.3, 0.4) is 0 Å². The lowest BCUT2D eigenvalue weighted by molar-refractivity contribution is 0.660. The number of anilines is 2. The lowest BCUT2D eigenvalue weighted by Crippen LogP contribution is -1.92. The van der Waals surface area contributed by atoms with Crippen LogP contribution < -0.4 is 5.32 Å². The number of aromatic nitrogens is 3. The fourth-order valence-electron chi connectivity index (χ4n) is 1.65. The van der Waals surface area contributed by atoms with Crippen molar-refractivity contribution < 1.29 is 0 Å². The van der Waals surface area contributed by atoms with Crippen LogP contribution in [0.5, 0.6) is 0 Å². The van der Waals surface area contributed by atoms with Gasteiger partial charge in [0.2, 0.25) is 0 Å². The van der Waals surface area contributed by atoms with E-state index in [1.54, 1.807) is 11.3 Å². The van der Waals surface area contributed by atoms with E-state index in [4.69, 9.17) is 0 Å². The van der Waals surface area contributed by atoms with Gasteiger partial charge in [0.05, 0.1) is 22.1 Å². The topological polar surface area (TPSA) is 42.7 Å². The summed E-state index contributed by atoms with van der Waals surface area (Å²) in [6.07, 6.45) is 3.79. The van der Waals surface area contributed by atoms with Crippen molar-refractivity contribution in [2.24, 2.45) is 0 Å². The van der Waals surface area contributed by atoms with Gasteiger partial charge in [-0.05, 0) is 19.1 Å². The van der Waals surface area contributed by atoms with Gasteiger partial charge in [0, 0.05) is 12.7 Å². The van der Waals surface area contributed by atoms with Crippen molar-refractivity contribution in [1.29, 1.82) is 0 Å². The van der Waals surface area contributed by atoms with E-state index in [1.807, 2.05) is 35.3 Å². The molecule has 0 atom stereocenters. The third-order valence-electron chi connectivity index (χ3n) is 2.50. The van der Waals surface area contributed by atoms with Gasteiger partial charge in [-0.3, -0.25) is 4.68 Å². The molecule has 0 radical (unpaired) electrons. The van der Waals surface area contributed by atoms with E-state index < -0.39 is 0 Å². The Labute approximate surface area is 103 Å². The number of benzene rings is 1. The molecule has 0 unspecified atom stereocenters. The zero-order valence-electron chi connectivity index (χ0n) is 9.42. The van der Waals surface area contributed by atoms with Crippen LogP contribution in [0.25, 0.3) is 10.2 Å². The van der Waals surface area contributed by atoms with Gasteiger partial charge in [-0.1, -0.05) is 23.5 Å². The number of nitrogens with one attached hydrogen (secondary N) is 1. The predicted molar refractivity (Wildman–Crippen MR) is 70.8 cm³/mol. The van der Waals surface area contributed by atoms with Crippen LogP contribution in [0, 0.1) is 0 Å². The molecular weight excluding hydrogens is 232 g/mol. The minimum atomic E-state index is 0.877. The van der Waals surface area contributed by atoms with E-state index in [2.05, 4.69) is 28.4 Å². The highest BCUT2D eigenvalue weighted by Gasteiger charge is 2.04. The molecule has 1 aromatic carbocycles. The molecule has 0 bridgehead atoms. The Morgan fingerprint density at radius 2 is 2.24 bits per heavy atom. The maximum absolute atomic E-state index is 4.51. The van der Waals surface area contributed by atoms with E-state index in [0.29, 0.717) is 0 Å². The largest absolute Gasteiger partial charge is 0.329 e. The van der Waals surface area contributed by atoms with Crippen molar-refractivity contribution in [3.05, 3.63) is 36.7 Å². The molecule has 17 heavy (non-hydrogen) atoms. The van der Waals surface area contributed by atoms with Crippen LogP contribution in [0.2, 0.25) is 0 Å². The minimum absolute atomic E-state index is 0.877. The summed E-state index contributed by atoms with van der Waals surface area (Å²) in [5.41, 5.74) is 2.01. The summed E-state index contributed by atoms with van der Waals surface area (Å²) in [4.78, 5) is 4.51. The van der Waals surface area contributed by atoms with Crippen LogP contribution in [0.1, 0.15) is 6.92 Å². The van der Waals surface area contributed by atoms with Gasteiger partial charge < -0.3 is 5.32 Å². The summed E-state index contributed by atoms with van der Waals surface area (Å²) in [7, 11) is 0. The van der Waals surface area contributed by atoms with Crippen LogP contribution in [0.15, 0.2) is 36.7 Å². The maximum Gasteiger partial charge on any atom is 0.188 e. The molecule has 4 nitrogen and oxygen atoms in total. The van der Waals surface area contributed by atoms with Crippen LogP contribution in [-0.4, -0.2) is 14.8 Å². The van der Waals surface area contributed by atoms with Gasteiger partial charge in [0.15, 0.2) is 5.13 Å². The van der Waals surface area contributed by atoms with E-state index in [-0.39, 0.29) is 0 Å². The van der Waals surface area contributed by atoms with Crippen molar-refractivity contribution in [2.45, 2.75) is 13.5 Å². The molecule has 5 heteroatoms. The molecule has 0 aliphatic heterocycles. The molecule has 3 aromatic rings. The van der Waals surface area contributed by atoms with Crippen molar-refractivity contribution in [1.82, 2.24) is 14.8 Å². The third-order valence-corrected chi connectivity index (χ3v) is 3.45. The number of hydrogen-bond donors (Lipinski definition) is 1. The highest BCUT2D eigenvalue weighted by atomic mass is 32.1. The van der Waals surface area contributed by atoms with E-state index in [0.717, 1.165) is 22.9 Å². The fourth-order valence-corrected chi connectivity index (χ4v) is 2.54. The summed E-state index contributed by atoms with van der Waals surface area (Å²) >= 11 is 1.65. The van der Waals surface area contributed by atoms with Gasteiger partial charge in [0.1, 0.15) is 0 Å². The summed E-state index contributed by atoms with van der Waals surface area (Å²) in [5, 5.41) is 8.39. The Morgan fingerprint density at radius 3 is 3.00 bits per heavy atom. The molecule has 0 aliphatic rings. The maximum atomic E-state index is 4.51. The molecule has 2 aromatic heterocycles. The Hall–Kier alpha value is -1.88. The molecular formula is C12H12N4S. The number of fused-ring (bicyclic) bond motifs is 1.